The molecule has 0 fully saturated rings. The first-order valence-corrected chi connectivity index (χ1v) is 8.80. The minimum absolute atomic E-state index is 1.39. The molecular formula is C14H8S4+. The average molecular weight is 304 g/mol. The van der Waals surface area contributed by atoms with Gasteiger partial charge in [-0.3, -0.25) is 0 Å². The molecule has 2 aliphatic rings. The molecule has 0 aromatic heterocycles. The van der Waals surface area contributed by atoms with Gasteiger partial charge in [0.25, 0.3) is 16.0 Å². The Hall–Kier alpha value is -0.420. The summed E-state index contributed by atoms with van der Waals surface area (Å²) in [6.07, 6.45) is 0. The lowest BCUT2D eigenvalue weighted by Gasteiger charge is -1.90. The molecule has 0 saturated heterocycles. The minimum Gasteiger partial charge on any atom is -0.0755 e. The van der Waals surface area contributed by atoms with Gasteiger partial charge in [0.1, 0.15) is 4.24 Å². The highest BCUT2D eigenvalue weighted by Gasteiger charge is 2.37. The first-order valence-electron chi connectivity index (χ1n) is 5.54. The third-order valence-electron chi connectivity index (χ3n) is 2.68. The number of thioether (sulfide) groups is 4. The molecule has 0 N–H and O–H groups in total. The molecule has 0 unspecified atom stereocenters. The fourth-order valence-corrected chi connectivity index (χ4v) is 7.15. The molecular weight excluding hydrogens is 296 g/mol. The molecule has 0 bridgehead atoms. The average Bonchev–Trinajstić information content (AvgIpc) is 3.02. The van der Waals surface area contributed by atoms with E-state index in [1.807, 2.05) is 47.0 Å². The van der Waals surface area contributed by atoms with Crippen molar-refractivity contribution in [2.24, 2.45) is 0 Å². The Morgan fingerprint density at radius 2 is 1.28 bits per heavy atom. The number of fused-ring (bicyclic) bond motifs is 2. The Balaban J connectivity index is 1.70. The molecule has 0 aliphatic carbocycles. The molecule has 2 aliphatic heterocycles. The lowest BCUT2D eigenvalue weighted by atomic mass is 10.4. The summed E-state index contributed by atoms with van der Waals surface area (Å²) in [5.74, 6) is 0. The van der Waals surface area contributed by atoms with Gasteiger partial charge in [0, 0.05) is 15.9 Å². The highest BCUT2D eigenvalue weighted by molar-refractivity contribution is 8.27. The van der Waals surface area contributed by atoms with E-state index in [4.69, 9.17) is 0 Å². The number of hydrogen-bond acceptors (Lipinski definition) is 4. The van der Waals surface area contributed by atoms with Crippen LogP contribution < -0.4 is 0 Å². The fourth-order valence-electron chi connectivity index (χ4n) is 1.85. The van der Waals surface area contributed by atoms with Crippen molar-refractivity contribution in [3.05, 3.63) is 57.0 Å². The Kier molecular flexibility index (Phi) is 2.92. The van der Waals surface area contributed by atoms with Gasteiger partial charge < -0.3 is 0 Å². The zero-order valence-electron chi connectivity index (χ0n) is 9.25. The van der Waals surface area contributed by atoms with E-state index >= 15 is 0 Å². The van der Waals surface area contributed by atoms with Crippen molar-refractivity contribution in [1.29, 1.82) is 0 Å². The highest BCUT2D eigenvalue weighted by atomic mass is 32.2. The van der Waals surface area contributed by atoms with E-state index in [9.17, 15) is 0 Å². The maximum Gasteiger partial charge on any atom is 0.295 e. The molecule has 4 rings (SSSR count). The zero-order valence-corrected chi connectivity index (χ0v) is 12.5. The molecule has 0 spiro atoms. The predicted molar refractivity (Wildman–Crippen MR) is 83.1 cm³/mol. The van der Waals surface area contributed by atoms with Gasteiger partial charge in [0.05, 0.1) is 4.90 Å². The SMILES string of the molecule is c1ccc2c(c1)SC(=C1Sc3ccccc3[S+]1)S2. The van der Waals surface area contributed by atoms with Crippen LogP contribution in [0.3, 0.4) is 0 Å². The van der Waals surface area contributed by atoms with Crippen LogP contribution in [0.5, 0.6) is 0 Å². The van der Waals surface area contributed by atoms with Crippen LogP contribution in [0.1, 0.15) is 0 Å². The van der Waals surface area contributed by atoms with Crippen molar-refractivity contribution in [3.8, 4) is 0 Å². The summed E-state index contributed by atoms with van der Waals surface area (Å²) in [4.78, 5) is 5.56. The van der Waals surface area contributed by atoms with Crippen LogP contribution >= 0.6 is 35.3 Å². The number of hydrogen-bond donors (Lipinski definition) is 0. The Bertz CT molecular complexity index is 549. The lowest BCUT2D eigenvalue weighted by molar-refractivity contribution is 1.27. The van der Waals surface area contributed by atoms with E-state index in [2.05, 4.69) is 48.5 Å². The summed E-state index contributed by atoms with van der Waals surface area (Å²) in [5.41, 5.74) is 0. The molecule has 18 heavy (non-hydrogen) atoms. The van der Waals surface area contributed by atoms with Crippen LogP contribution in [0.25, 0.3) is 0 Å². The largest absolute Gasteiger partial charge is 0.295 e. The summed E-state index contributed by atoms with van der Waals surface area (Å²) in [5, 5.41) is 0. The standard InChI is InChI=1S/C14H8S4/c1-2-6-10-9(5-1)15-13(16-10)14-17-11-7-3-4-8-12(11)18-14/h1-8H/q+1. The van der Waals surface area contributed by atoms with E-state index in [-0.39, 0.29) is 0 Å². The van der Waals surface area contributed by atoms with Crippen LogP contribution in [0.2, 0.25) is 0 Å². The minimum atomic E-state index is 1.39. The van der Waals surface area contributed by atoms with E-state index in [1.165, 1.54) is 28.1 Å². The topological polar surface area (TPSA) is 0 Å². The molecule has 2 aromatic rings. The maximum absolute atomic E-state index is 2.21. The molecule has 4 heteroatoms. The third-order valence-corrected chi connectivity index (χ3v) is 8.31. The van der Waals surface area contributed by atoms with Gasteiger partial charge in [-0.05, 0) is 30.0 Å². The summed E-state index contributed by atoms with van der Waals surface area (Å²) < 4.78 is 2.87. The second kappa shape index (κ2) is 4.60. The quantitative estimate of drug-likeness (QED) is 0.609. The zero-order chi connectivity index (χ0) is 11.9. The molecule has 1 radical (unpaired) electrons. The lowest BCUT2D eigenvalue weighted by Crippen LogP contribution is -1.76. The van der Waals surface area contributed by atoms with Gasteiger partial charge in [0.15, 0.2) is 0 Å². The second-order valence-corrected chi connectivity index (χ2v) is 8.60. The summed E-state index contributed by atoms with van der Waals surface area (Å²) in [6.45, 7) is 0. The predicted octanol–water partition coefficient (Wildman–Crippen LogP) is 5.26. The van der Waals surface area contributed by atoms with Crippen molar-refractivity contribution >= 4 is 47.0 Å². The van der Waals surface area contributed by atoms with Gasteiger partial charge in [-0.15, -0.1) is 0 Å². The van der Waals surface area contributed by atoms with Crippen molar-refractivity contribution in [3.63, 3.8) is 0 Å². The first-order chi connectivity index (χ1) is 8.90. The van der Waals surface area contributed by atoms with Crippen LogP contribution in [0.4, 0.5) is 0 Å². The Labute approximate surface area is 123 Å². The third kappa shape index (κ3) is 1.92. The van der Waals surface area contributed by atoms with Crippen LogP contribution in [-0.4, -0.2) is 0 Å². The van der Waals surface area contributed by atoms with Gasteiger partial charge in [0.2, 0.25) is 4.90 Å². The van der Waals surface area contributed by atoms with E-state index in [1.54, 1.807) is 0 Å². The van der Waals surface area contributed by atoms with Gasteiger partial charge in [-0.25, -0.2) is 0 Å². The second-order valence-electron chi connectivity index (χ2n) is 3.88. The summed E-state index contributed by atoms with van der Waals surface area (Å²) in [7, 11) is 0. The van der Waals surface area contributed by atoms with E-state index in [0.29, 0.717) is 0 Å². The van der Waals surface area contributed by atoms with Crippen LogP contribution in [0.15, 0.2) is 76.6 Å². The molecule has 87 valence electrons. The monoisotopic (exact) mass is 304 g/mol. The Morgan fingerprint density at radius 3 is 1.94 bits per heavy atom. The van der Waals surface area contributed by atoms with Crippen molar-refractivity contribution < 1.29 is 0 Å². The molecule has 0 saturated carbocycles. The van der Waals surface area contributed by atoms with Crippen molar-refractivity contribution in [1.82, 2.24) is 0 Å². The van der Waals surface area contributed by atoms with Crippen molar-refractivity contribution in [2.75, 3.05) is 0 Å². The summed E-state index contributed by atoms with van der Waals surface area (Å²) in [6, 6.07) is 17.3. The molecule has 2 aromatic carbocycles. The van der Waals surface area contributed by atoms with Gasteiger partial charge >= 0.3 is 0 Å². The smallest absolute Gasteiger partial charge is 0.0755 e. The highest BCUT2D eigenvalue weighted by Crippen LogP contribution is 2.56. The molecule has 2 heterocycles. The van der Waals surface area contributed by atoms with Gasteiger partial charge in [-0.1, -0.05) is 47.8 Å². The normalized spacial score (nSPS) is 16.9. The fraction of sp³-hybridized carbons (Fsp3) is 0. The molecule has 0 nitrogen and oxygen atoms in total. The van der Waals surface area contributed by atoms with Crippen LogP contribution in [-0.2, 0) is 11.8 Å². The van der Waals surface area contributed by atoms with Crippen LogP contribution in [0, 0.1) is 0 Å². The van der Waals surface area contributed by atoms with Gasteiger partial charge in [-0.2, -0.15) is 0 Å². The van der Waals surface area contributed by atoms with Crippen molar-refractivity contribution in [2.45, 2.75) is 19.6 Å². The first kappa shape index (κ1) is 11.4. The van der Waals surface area contributed by atoms with E-state index < -0.39 is 0 Å². The maximum atomic E-state index is 2.21. The molecule has 0 atom stereocenters. The number of benzene rings is 2. The van der Waals surface area contributed by atoms with E-state index in [0.717, 1.165) is 0 Å². The Morgan fingerprint density at radius 1 is 0.667 bits per heavy atom. The number of rotatable bonds is 0. The summed E-state index contributed by atoms with van der Waals surface area (Å²) >= 11 is 7.62. The molecule has 0 amide bonds.